The van der Waals surface area contributed by atoms with Crippen molar-refractivity contribution in [3.63, 3.8) is 0 Å². The predicted molar refractivity (Wildman–Crippen MR) is 90.6 cm³/mol. The minimum Gasteiger partial charge on any atom is -0.384 e. The van der Waals surface area contributed by atoms with Gasteiger partial charge in [-0.2, -0.15) is 17.4 Å². The first-order valence-corrected chi connectivity index (χ1v) is 12.1. The minimum absolute atomic E-state index is 0.223. The summed E-state index contributed by atoms with van der Waals surface area (Å²) in [5.41, 5.74) is -4.78. The highest BCUT2D eigenvalue weighted by molar-refractivity contribution is 7.66. The molecule has 21 heteroatoms. The fraction of sp³-hybridized carbons (Fsp3) is 0.600. The molecule has 1 aliphatic heterocycles. The Morgan fingerprint density at radius 1 is 1.16 bits per heavy atom. The number of aliphatic hydroxyl groups excluding tert-OH is 1. The molecule has 1 aromatic heterocycles. The zero-order valence-corrected chi connectivity index (χ0v) is 17.7. The van der Waals surface area contributed by atoms with Crippen LogP contribution in [0.5, 0.6) is 0 Å². The van der Waals surface area contributed by atoms with Gasteiger partial charge < -0.3 is 29.4 Å². The molecule has 0 radical (unpaired) electrons. The van der Waals surface area contributed by atoms with E-state index in [1.165, 1.54) is 0 Å². The van der Waals surface area contributed by atoms with Crippen molar-refractivity contribution in [1.29, 1.82) is 0 Å². The van der Waals surface area contributed by atoms with Crippen LogP contribution in [-0.2, 0) is 31.6 Å². The molecule has 2 unspecified atom stereocenters. The molecule has 0 spiro atoms. The topological polar surface area (TPSA) is 244 Å². The van der Waals surface area contributed by atoms with Gasteiger partial charge in [-0.3, -0.25) is 18.9 Å². The van der Waals surface area contributed by atoms with Gasteiger partial charge >= 0.3 is 35.1 Å². The maximum Gasteiger partial charge on any atom is 0.490 e. The Bertz CT molecular complexity index is 1100. The summed E-state index contributed by atoms with van der Waals surface area (Å²) in [7, 11) is -17.2. The van der Waals surface area contributed by atoms with Gasteiger partial charge in [0.2, 0.25) is 6.23 Å². The lowest BCUT2D eigenvalue weighted by atomic mass is 9.98. The summed E-state index contributed by atoms with van der Waals surface area (Å²) in [6.45, 7) is -0.658. The summed E-state index contributed by atoms with van der Waals surface area (Å²) in [4.78, 5) is 59.9. The molecular formula is C10H15F2N2O14P3. The van der Waals surface area contributed by atoms with Crippen LogP contribution in [-0.4, -0.2) is 58.5 Å². The average Bonchev–Trinajstić information content (AvgIpc) is 2.71. The van der Waals surface area contributed by atoms with Crippen molar-refractivity contribution in [2.24, 2.45) is 0 Å². The second-order valence-corrected chi connectivity index (χ2v) is 10.7. The van der Waals surface area contributed by atoms with Gasteiger partial charge in [-0.25, -0.2) is 18.5 Å². The Labute approximate surface area is 169 Å². The van der Waals surface area contributed by atoms with E-state index in [2.05, 4.69) is 13.1 Å². The van der Waals surface area contributed by atoms with Gasteiger partial charge in [0.1, 0.15) is 5.60 Å². The van der Waals surface area contributed by atoms with Crippen LogP contribution in [0.3, 0.4) is 0 Å². The number of nitrogens with zero attached hydrogens (tertiary/aromatic N) is 1. The lowest BCUT2D eigenvalue weighted by Crippen LogP contribution is -2.47. The number of halogens is 2. The Morgan fingerprint density at radius 2 is 1.74 bits per heavy atom. The SMILES string of the molecule is C[C@]1(COP(=O)(O)OP(=O)(O)OP(=O)(O)O)O[C@@H](n2ccc(=O)[nH]c2=O)C(F)(F)[C@@H]1O. The average molecular weight is 518 g/mol. The first kappa shape index (κ1) is 26.1. The van der Waals surface area contributed by atoms with E-state index >= 15 is 0 Å². The number of aliphatic hydroxyl groups is 1. The van der Waals surface area contributed by atoms with E-state index in [1.807, 2.05) is 0 Å². The quantitative estimate of drug-likeness (QED) is 0.230. The normalized spacial score (nSPS) is 29.9. The Hall–Kier alpha value is -1.13. The van der Waals surface area contributed by atoms with Crippen molar-refractivity contribution in [3.8, 4) is 0 Å². The molecule has 0 saturated carbocycles. The molecule has 6 N–H and O–H groups in total. The zero-order chi connectivity index (χ0) is 24.0. The Balaban J connectivity index is 2.22. The first-order valence-electron chi connectivity index (χ1n) is 7.62. The molecule has 1 aliphatic rings. The van der Waals surface area contributed by atoms with Crippen LogP contribution in [0.4, 0.5) is 8.78 Å². The molecular weight excluding hydrogens is 503 g/mol. The lowest BCUT2D eigenvalue weighted by Gasteiger charge is -2.27. The summed E-state index contributed by atoms with van der Waals surface area (Å²) in [6.07, 6.45) is -4.65. The fourth-order valence-electron chi connectivity index (χ4n) is 2.42. The number of phosphoric acid groups is 3. The minimum atomic E-state index is -5.86. The number of alkyl halides is 2. The Kier molecular flexibility index (Phi) is 7.02. The van der Waals surface area contributed by atoms with Gasteiger partial charge in [0.25, 0.3) is 5.56 Å². The molecule has 2 rings (SSSR count). The number of hydrogen-bond donors (Lipinski definition) is 6. The van der Waals surface area contributed by atoms with Crippen LogP contribution < -0.4 is 11.2 Å². The predicted octanol–water partition coefficient (Wildman–Crippen LogP) is -0.836. The van der Waals surface area contributed by atoms with Crippen LogP contribution >= 0.6 is 23.5 Å². The van der Waals surface area contributed by atoms with Crippen LogP contribution in [0.1, 0.15) is 13.2 Å². The number of ether oxygens (including phenoxy) is 1. The number of phosphoric ester groups is 1. The molecule has 5 atom stereocenters. The van der Waals surface area contributed by atoms with Crippen LogP contribution in [0.25, 0.3) is 0 Å². The zero-order valence-electron chi connectivity index (χ0n) is 15.0. The van der Waals surface area contributed by atoms with Crippen molar-refractivity contribution in [2.45, 2.75) is 30.8 Å². The second kappa shape index (κ2) is 8.33. The summed E-state index contributed by atoms with van der Waals surface area (Å²) >= 11 is 0. The standard InChI is InChI=1S/C10H15F2N2O14P3/c1-9(4-25-30(21,22)28-31(23,24)27-29(18,19)20)6(16)10(11,12)7(26-9)14-3-2-5(15)13-8(14)17/h2-3,6-7,16H,4H2,1H3,(H,21,22)(H,23,24)(H,13,15,17)(H2,18,19,20)/t6-,7-,9-/m1/s1. The van der Waals surface area contributed by atoms with Gasteiger partial charge in [0.15, 0.2) is 6.10 Å². The summed E-state index contributed by atoms with van der Waals surface area (Å²) in [5, 5.41) is 9.95. The molecule has 0 bridgehead atoms. The monoisotopic (exact) mass is 518 g/mol. The maximum atomic E-state index is 14.5. The number of hydrogen-bond acceptors (Lipinski definition) is 10. The van der Waals surface area contributed by atoms with E-state index < -0.39 is 65.2 Å². The number of H-pyrrole nitrogens is 1. The summed E-state index contributed by atoms with van der Waals surface area (Å²) < 4.78 is 78.9. The van der Waals surface area contributed by atoms with Crippen LogP contribution in [0.15, 0.2) is 21.9 Å². The highest BCUT2D eigenvalue weighted by atomic mass is 31.3. The fourth-order valence-corrected chi connectivity index (χ4v) is 5.53. The van der Waals surface area contributed by atoms with Crippen molar-refractivity contribution in [1.82, 2.24) is 9.55 Å². The summed E-state index contributed by atoms with van der Waals surface area (Å²) in [5.74, 6) is -4.21. The molecule has 31 heavy (non-hydrogen) atoms. The third-order valence-electron chi connectivity index (χ3n) is 3.69. The third-order valence-corrected chi connectivity index (χ3v) is 7.47. The van der Waals surface area contributed by atoms with E-state index in [1.54, 1.807) is 4.98 Å². The smallest absolute Gasteiger partial charge is 0.384 e. The number of nitrogens with one attached hydrogen (secondary N) is 1. The van der Waals surface area contributed by atoms with Crippen molar-refractivity contribution in [2.75, 3.05) is 6.61 Å². The Morgan fingerprint density at radius 3 is 2.26 bits per heavy atom. The molecule has 1 fully saturated rings. The molecule has 0 aliphatic carbocycles. The van der Waals surface area contributed by atoms with Crippen LogP contribution in [0, 0.1) is 0 Å². The van der Waals surface area contributed by atoms with E-state index in [4.69, 9.17) is 19.4 Å². The largest absolute Gasteiger partial charge is 0.490 e. The van der Waals surface area contributed by atoms with Gasteiger partial charge in [-0.15, -0.1) is 0 Å². The van der Waals surface area contributed by atoms with Crippen LogP contribution in [0.2, 0.25) is 0 Å². The third kappa shape index (κ3) is 6.22. The van der Waals surface area contributed by atoms with E-state index in [-0.39, 0.29) is 4.57 Å². The number of aromatic nitrogens is 2. The molecule has 1 saturated heterocycles. The molecule has 178 valence electrons. The van der Waals surface area contributed by atoms with E-state index in [0.29, 0.717) is 12.3 Å². The molecule has 16 nitrogen and oxygen atoms in total. The van der Waals surface area contributed by atoms with Crippen molar-refractivity contribution in [3.05, 3.63) is 33.1 Å². The molecule has 1 aromatic rings. The molecule has 0 aromatic carbocycles. The van der Waals surface area contributed by atoms with Crippen molar-refractivity contribution >= 4 is 23.5 Å². The lowest BCUT2D eigenvalue weighted by molar-refractivity contribution is -0.143. The second-order valence-electron chi connectivity index (χ2n) is 6.24. The van der Waals surface area contributed by atoms with E-state index in [9.17, 15) is 42.1 Å². The highest BCUT2D eigenvalue weighted by Gasteiger charge is 2.65. The van der Waals surface area contributed by atoms with Gasteiger partial charge in [-0.05, 0) is 6.92 Å². The van der Waals surface area contributed by atoms with Gasteiger partial charge in [-0.1, -0.05) is 0 Å². The highest BCUT2D eigenvalue weighted by Crippen LogP contribution is 2.66. The first-order chi connectivity index (χ1) is 13.8. The van der Waals surface area contributed by atoms with Crippen molar-refractivity contribution < 1.29 is 65.0 Å². The maximum absolute atomic E-state index is 14.5. The number of aromatic amines is 1. The molecule has 0 amide bonds. The van der Waals surface area contributed by atoms with E-state index in [0.717, 1.165) is 6.92 Å². The number of rotatable bonds is 8. The van der Waals surface area contributed by atoms with Gasteiger partial charge in [0, 0.05) is 12.3 Å². The molecule has 2 heterocycles. The summed E-state index contributed by atoms with van der Waals surface area (Å²) in [6, 6.07) is 0.703. The van der Waals surface area contributed by atoms with Gasteiger partial charge in [0.05, 0.1) is 6.61 Å².